The Morgan fingerprint density at radius 1 is 1.20 bits per heavy atom. The van der Waals surface area contributed by atoms with Gasteiger partial charge in [-0.05, 0) is 43.5 Å². The summed E-state index contributed by atoms with van der Waals surface area (Å²) in [4.78, 5) is 1.21. The summed E-state index contributed by atoms with van der Waals surface area (Å²) in [5.41, 5.74) is 0. The minimum absolute atomic E-state index is 0.611. The van der Waals surface area contributed by atoms with E-state index in [1.165, 1.54) is 37.0 Å². The van der Waals surface area contributed by atoms with Crippen LogP contribution in [0, 0.1) is 5.92 Å². The van der Waals surface area contributed by atoms with Gasteiger partial charge in [0, 0.05) is 16.7 Å². The Kier molecular flexibility index (Phi) is 7.03. The van der Waals surface area contributed by atoms with Crippen molar-refractivity contribution in [3.05, 3.63) is 28.2 Å². The minimum atomic E-state index is 0.611. The van der Waals surface area contributed by atoms with Gasteiger partial charge in [0.1, 0.15) is 0 Å². The lowest BCUT2D eigenvalue weighted by atomic mass is 9.84. The summed E-state index contributed by atoms with van der Waals surface area (Å²) in [7, 11) is 0. The number of hydrogen-bond donors (Lipinski definition) is 1. The third-order valence-electron chi connectivity index (χ3n) is 4.01. The van der Waals surface area contributed by atoms with Gasteiger partial charge in [-0.3, -0.25) is 0 Å². The smallest absolute Gasteiger partial charge is 0.0603 e. The maximum absolute atomic E-state index is 6.08. The van der Waals surface area contributed by atoms with E-state index in [9.17, 15) is 0 Å². The molecule has 0 amide bonds. The second-order valence-corrected chi connectivity index (χ2v) is 7.36. The lowest BCUT2D eigenvalue weighted by Gasteiger charge is -2.30. The van der Waals surface area contributed by atoms with E-state index in [0.717, 1.165) is 18.2 Å². The first-order valence-corrected chi connectivity index (χ1v) is 9.26. The van der Waals surface area contributed by atoms with Crippen LogP contribution >= 0.6 is 35.0 Å². The first-order chi connectivity index (χ1) is 9.70. The average Bonchev–Trinajstić information content (AvgIpc) is 2.48. The van der Waals surface area contributed by atoms with Crippen molar-refractivity contribution >= 4 is 35.0 Å². The van der Waals surface area contributed by atoms with Crippen LogP contribution in [-0.4, -0.2) is 18.3 Å². The van der Waals surface area contributed by atoms with E-state index < -0.39 is 0 Å². The Balaban J connectivity index is 1.91. The Labute approximate surface area is 136 Å². The third-order valence-corrected chi connectivity index (χ3v) is 5.86. The molecule has 1 nitrogen and oxygen atoms in total. The third kappa shape index (κ3) is 4.84. The number of hydrogen-bond acceptors (Lipinski definition) is 2. The Hall–Kier alpha value is 0.110. The van der Waals surface area contributed by atoms with Crippen molar-refractivity contribution in [3.63, 3.8) is 0 Å². The van der Waals surface area contributed by atoms with Crippen molar-refractivity contribution in [2.24, 2.45) is 5.92 Å². The molecule has 1 unspecified atom stereocenters. The summed E-state index contributed by atoms with van der Waals surface area (Å²) < 4.78 is 0. The van der Waals surface area contributed by atoms with Gasteiger partial charge in [-0.2, -0.15) is 0 Å². The quantitative estimate of drug-likeness (QED) is 0.676. The van der Waals surface area contributed by atoms with Gasteiger partial charge in [0.05, 0.1) is 10.0 Å². The van der Waals surface area contributed by atoms with Crippen molar-refractivity contribution in [2.75, 3.05) is 12.3 Å². The molecule has 1 aromatic carbocycles. The molecule has 0 aromatic heterocycles. The molecule has 0 heterocycles. The largest absolute Gasteiger partial charge is 0.313 e. The van der Waals surface area contributed by atoms with Gasteiger partial charge in [0.15, 0.2) is 0 Å². The minimum Gasteiger partial charge on any atom is -0.313 e. The molecule has 112 valence electrons. The van der Waals surface area contributed by atoms with E-state index in [1.54, 1.807) is 0 Å². The Morgan fingerprint density at radius 3 is 2.60 bits per heavy atom. The van der Waals surface area contributed by atoms with Gasteiger partial charge < -0.3 is 5.32 Å². The fraction of sp³-hybridized carbons (Fsp3) is 0.625. The molecule has 1 aromatic rings. The average molecular weight is 332 g/mol. The van der Waals surface area contributed by atoms with Crippen LogP contribution in [0.1, 0.15) is 39.0 Å². The molecule has 1 saturated carbocycles. The molecule has 0 spiro atoms. The van der Waals surface area contributed by atoms with Gasteiger partial charge in [-0.25, -0.2) is 0 Å². The summed E-state index contributed by atoms with van der Waals surface area (Å²) in [6, 6.07) is 6.52. The van der Waals surface area contributed by atoms with Crippen LogP contribution in [0.25, 0.3) is 0 Å². The van der Waals surface area contributed by atoms with Gasteiger partial charge in [0.2, 0.25) is 0 Å². The molecular weight excluding hydrogens is 309 g/mol. The number of halogens is 2. The predicted molar refractivity (Wildman–Crippen MR) is 91.2 cm³/mol. The first-order valence-electron chi connectivity index (χ1n) is 7.52. The van der Waals surface area contributed by atoms with Gasteiger partial charge in [0.25, 0.3) is 0 Å². The van der Waals surface area contributed by atoms with Crippen molar-refractivity contribution in [1.29, 1.82) is 0 Å². The maximum atomic E-state index is 6.08. The highest BCUT2D eigenvalue weighted by molar-refractivity contribution is 7.99. The van der Waals surface area contributed by atoms with Crippen molar-refractivity contribution in [3.8, 4) is 0 Å². The molecular formula is C16H23Cl2NS. The highest BCUT2D eigenvalue weighted by Crippen LogP contribution is 2.32. The van der Waals surface area contributed by atoms with Crippen LogP contribution in [0.5, 0.6) is 0 Å². The van der Waals surface area contributed by atoms with E-state index in [4.69, 9.17) is 23.2 Å². The predicted octanol–water partition coefficient (Wildman–Crippen LogP) is 5.64. The van der Waals surface area contributed by atoms with E-state index in [-0.39, 0.29) is 0 Å². The molecule has 1 atom stereocenters. The maximum Gasteiger partial charge on any atom is 0.0603 e. The molecule has 20 heavy (non-hydrogen) atoms. The molecule has 1 fully saturated rings. The van der Waals surface area contributed by atoms with Crippen LogP contribution in [0.15, 0.2) is 23.1 Å². The first kappa shape index (κ1) is 16.5. The summed E-state index contributed by atoms with van der Waals surface area (Å²) in [6.07, 6.45) is 6.95. The van der Waals surface area contributed by atoms with Crippen LogP contribution in [0.3, 0.4) is 0 Å². The Morgan fingerprint density at radius 2 is 1.95 bits per heavy atom. The summed E-state index contributed by atoms with van der Waals surface area (Å²) >= 11 is 13.9. The van der Waals surface area contributed by atoms with Crippen LogP contribution in [0.4, 0.5) is 0 Å². The second-order valence-electron chi connectivity index (χ2n) is 5.45. The fourth-order valence-corrected chi connectivity index (χ4v) is 4.40. The van der Waals surface area contributed by atoms with Gasteiger partial charge >= 0.3 is 0 Å². The molecule has 2 rings (SSSR count). The van der Waals surface area contributed by atoms with Gasteiger partial charge in [-0.1, -0.05) is 49.4 Å². The SMILES string of the molecule is CCNC(CSc1ccc(Cl)c(Cl)c1)C1CCCCC1. The van der Waals surface area contributed by atoms with E-state index >= 15 is 0 Å². The Bertz CT molecular complexity index is 419. The molecule has 0 bridgehead atoms. The van der Waals surface area contributed by atoms with Crippen LogP contribution in [-0.2, 0) is 0 Å². The van der Waals surface area contributed by atoms with Gasteiger partial charge in [-0.15, -0.1) is 11.8 Å². The van der Waals surface area contributed by atoms with E-state index in [0.29, 0.717) is 16.1 Å². The molecule has 0 saturated heterocycles. The normalized spacial score (nSPS) is 18.1. The van der Waals surface area contributed by atoms with Crippen LogP contribution < -0.4 is 5.32 Å². The molecule has 1 N–H and O–H groups in total. The van der Waals surface area contributed by atoms with Crippen LogP contribution in [0.2, 0.25) is 10.0 Å². The van der Waals surface area contributed by atoms with Crippen molar-refractivity contribution in [2.45, 2.75) is 50.0 Å². The molecule has 1 aliphatic carbocycles. The highest BCUT2D eigenvalue weighted by Gasteiger charge is 2.22. The molecule has 4 heteroatoms. The highest BCUT2D eigenvalue weighted by atomic mass is 35.5. The number of benzene rings is 1. The zero-order valence-electron chi connectivity index (χ0n) is 12.0. The lowest BCUT2D eigenvalue weighted by molar-refractivity contribution is 0.288. The fourth-order valence-electron chi connectivity index (χ4n) is 2.91. The molecule has 0 radical (unpaired) electrons. The van der Waals surface area contributed by atoms with E-state index in [2.05, 4.69) is 18.3 Å². The monoisotopic (exact) mass is 331 g/mol. The zero-order chi connectivity index (χ0) is 14.4. The second kappa shape index (κ2) is 8.53. The number of rotatable bonds is 6. The molecule has 1 aliphatic rings. The standard InChI is InChI=1S/C16H23Cl2NS/c1-2-19-16(12-6-4-3-5-7-12)11-20-13-8-9-14(17)15(18)10-13/h8-10,12,16,19H,2-7,11H2,1H3. The summed E-state index contributed by atoms with van der Waals surface area (Å²) in [6.45, 7) is 3.24. The summed E-state index contributed by atoms with van der Waals surface area (Å²) in [5.74, 6) is 1.94. The number of thioether (sulfide) groups is 1. The zero-order valence-corrected chi connectivity index (χ0v) is 14.3. The summed E-state index contributed by atoms with van der Waals surface area (Å²) in [5, 5.41) is 4.95. The molecule has 0 aliphatic heterocycles. The topological polar surface area (TPSA) is 12.0 Å². The van der Waals surface area contributed by atoms with Crippen molar-refractivity contribution in [1.82, 2.24) is 5.32 Å². The number of nitrogens with one attached hydrogen (secondary N) is 1. The van der Waals surface area contributed by atoms with Crippen molar-refractivity contribution < 1.29 is 0 Å². The van der Waals surface area contributed by atoms with E-state index in [1.807, 2.05) is 23.9 Å². The lowest BCUT2D eigenvalue weighted by Crippen LogP contribution is -2.39.